The minimum absolute atomic E-state index is 0.545. The fourth-order valence-corrected chi connectivity index (χ4v) is 3.23. The summed E-state index contributed by atoms with van der Waals surface area (Å²) >= 11 is 7.03. The number of nitrogens with one attached hydrogen (secondary N) is 1. The molecule has 5 nitrogen and oxygen atoms in total. The second-order valence-corrected chi connectivity index (χ2v) is 5.87. The third kappa shape index (κ3) is 4.04. The predicted molar refractivity (Wildman–Crippen MR) is 82.6 cm³/mol. The normalized spacial score (nSPS) is 10.8. The largest absolute Gasteiger partial charge is 0.492 e. The van der Waals surface area contributed by atoms with Crippen molar-refractivity contribution in [2.75, 3.05) is 6.61 Å². The standard InChI is InChI=1S/C13H15Br2N3O2/c1-3-19-13-10(14)4-9(5-11(13)15)6-16-7-12-17-8(2)18-20-12/h4-5,16H,3,6-7H2,1-2H3. The van der Waals surface area contributed by atoms with Crippen LogP contribution >= 0.6 is 31.9 Å². The molecule has 0 aliphatic carbocycles. The van der Waals surface area contributed by atoms with Gasteiger partial charge in [-0.3, -0.25) is 0 Å². The molecular formula is C13H15Br2N3O2. The van der Waals surface area contributed by atoms with E-state index in [9.17, 15) is 0 Å². The van der Waals surface area contributed by atoms with Crippen molar-refractivity contribution < 1.29 is 9.26 Å². The molecule has 20 heavy (non-hydrogen) atoms. The van der Waals surface area contributed by atoms with Crippen LogP contribution in [0.4, 0.5) is 0 Å². The zero-order valence-corrected chi connectivity index (χ0v) is 14.4. The molecule has 2 aromatic rings. The van der Waals surface area contributed by atoms with Gasteiger partial charge in [0.2, 0.25) is 5.89 Å². The molecular weight excluding hydrogens is 390 g/mol. The number of hydrogen-bond donors (Lipinski definition) is 1. The molecule has 0 saturated heterocycles. The van der Waals surface area contributed by atoms with Gasteiger partial charge in [0.05, 0.1) is 22.1 Å². The van der Waals surface area contributed by atoms with Crippen molar-refractivity contribution in [3.63, 3.8) is 0 Å². The Kier molecular flexibility index (Phi) is 5.56. The van der Waals surface area contributed by atoms with E-state index in [4.69, 9.17) is 9.26 Å². The Morgan fingerprint density at radius 2 is 1.95 bits per heavy atom. The maximum absolute atomic E-state index is 5.55. The Labute approximate surface area is 134 Å². The molecule has 0 unspecified atom stereocenters. The summed E-state index contributed by atoms with van der Waals surface area (Å²) in [4.78, 5) is 4.14. The number of halogens is 2. The number of benzene rings is 1. The second-order valence-electron chi connectivity index (χ2n) is 4.16. The van der Waals surface area contributed by atoms with E-state index in [1.807, 2.05) is 19.1 Å². The van der Waals surface area contributed by atoms with E-state index < -0.39 is 0 Å². The van der Waals surface area contributed by atoms with E-state index in [1.165, 1.54) is 0 Å². The molecule has 2 rings (SSSR count). The molecule has 1 aromatic heterocycles. The predicted octanol–water partition coefficient (Wildman–Crippen LogP) is 3.59. The molecule has 0 spiro atoms. The smallest absolute Gasteiger partial charge is 0.240 e. The third-order valence-electron chi connectivity index (χ3n) is 2.52. The molecule has 0 amide bonds. The number of ether oxygens (including phenoxy) is 1. The average molecular weight is 405 g/mol. The van der Waals surface area contributed by atoms with Crippen LogP contribution in [-0.4, -0.2) is 16.7 Å². The van der Waals surface area contributed by atoms with Crippen molar-refractivity contribution in [1.82, 2.24) is 15.5 Å². The van der Waals surface area contributed by atoms with Crippen molar-refractivity contribution >= 4 is 31.9 Å². The van der Waals surface area contributed by atoms with Crippen molar-refractivity contribution in [1.29, 1.82) is 0 Å². The minimum atomic E-state index is 0.545. The Bertz CT molecular complexity index is 564. The van der Waals surface area contributed by atoms with Gasteiger partial charge in [0.25, 0.3) is 0 Å². The SMILES string of the molecule is CCOc1c(Br)cc(CNCc2nc(C)no2)cc1Br. The van der Waals surface area contributed by atoms with Crippen LogP contribution in [0.5, 0.6) is 5.75 Å². The van der Waals surface area contributed by atoms with E-state index in [-0.39, 0.29) is 0 Å². The van der Waals surface area contributed by atoms with Crippen LogP contribution in [0.15, 0.2) is 25.6 Å². The first-order valence-corrected chi connectivity index (χ1v) is 7.79. The van der Waals surface area contributed by atoms with E-state index >= 15 is 0 Å². The van der Waals surface area contributed by atoms with Crippen LogP contribution in [0.1, 0.15) is 24.2 Å². The highest BCUT2D eigenvalue weighted by molar-refractivity contribution is 9.11. The molecule has 0 atom stereocenters. The summed E-state index contributed by atoms with van der Waals surface area (Å²) in [5.41, 5.74) is 1.13. The van der Waals surface area contributed by atoms with E-state index in [0.29, 0.717) is 31.4 Å². The Morgan fingerprint density at radius 3 is 2.50 bits per heavy atom. The Morgan fingerprint density at radius 1 is 1.25 bits per heavy atom. The quantitative estimate of drug-likeness (QED) is 0.797. The number of nitrogens with zero attached hydrogens (tertiary/aromatic N) is 2. The zero-order chi connectivity index (χ0) is 14.5. The van der Waals surface area contributed by atoms with Crippen molar-refractivity contribution in [2.24, 2.45) is 0 Å². The van der Waals surface area contributed by atoms with Crippen molar-refractivity contribution in [3.8, 4) is 5.75 Å². The first-order chi connectivity index (χ1) is 9.60. The molecule has 0 fully saturated rings. The first-order valence-electron chi connectivity index (χ1n) is 6.20. The Hall–Kier alpha value is -0.920. The van der Waals surface area contributed by atoms with E-state index in [1.54, 1.807) is 6.92 Å². The van der Waals surface area contributed by atoms with Gasteiger partial charge in [-0.15, -0.1) is 0 Å². The maximum atomic E-state index is 5.55. The third-order valence-corrected chi connectivity index (χ3v) is 3.70. The summed E-state index contributed by atoms with van der Waals surface area (Å²) in [6.45, 7) is 5.63. The lowest BCUT2D eigenvalue weighted by Crippen LogP contribution is -2.13. The van der Waals surface area contributed by atoms with E-state index in [2.05, 4.69) is 47.3 Å². The second kappa shape index (κ2) is 7.19. The number of aryl methyl sites for hydroxylation is 1. The summed E-state index contributed by atoms with van der Waals surface area (Å²) in [6, 6.07) is 4.06. The van der Waals surface area contributed by atoms with Gasteiger partial charge in [-0.25, -0.2) is 0 Å². The van der Waals surface area contributed by atoms with Crippen molar-refractivity contribution in [2.45, 2.75) is 26.9 Å². The first kappa shape index (κ1) is 15.5. The zero-order valence-electron chi connectivity index (χ0n) is 11.2. The fraction of sp³-hybridized carbons (Fsp3) is 0.385. The van der Waals surface area contributed by atoms with Gasteiger partial charge in [-0.2, -0.15) is 4.98 Å². The topological polar surface area (TPSA) is 60.2 Å². The number of rotatable bonds is 6. The molecule has 0 saturated carbocycles. The number of aromatic nitrogens is 2. The maximum Gasteiger partial charge on any atom is 0.240 e. The van der Waals surface area contributed by atoms with Crippen molar-refractivity contribution in [3.05, 3.63) is 38.4 Å². The highest BCUT2D eigenvalue weighted by Gasteiger charge is 2.09. The van der Waals surface area contributed by atoms with Crippen LogP contribution in [-0.2, 0) is 13.1 Å². The van der Waals surface area contributed by atoms with Crippen LogP contribution in [0.2, 0.25) is 0 Å². The average Bonchev–Trinajstić information content (AvgIpc) is 2.80. The van der Waals surface area contributed by atoms with Gasteiger partial charge in [0.15, 0.2) is 5.82 Å². The Balaban J connectivity index is 1.96. The van der Waals surface area contributed by atoms with Gasteiger partial charge in [-0.05, 0) is 63.4 Å². The molecule has 0 bridgehead atoms. The number of hydrogen-bond acceptors (Lipinski definition) is 5. The molecule has 0 aliphatic rings. The summed E-state index contributed by atoms with van der Waals surface area (Å²) in [5, 5.41) is 7.00. The van der Waals surface area contributed by atoms with Gasteiger partial charge in [0.1, 0.15) is 5.75 Å². The molecule has 7 heteroatoms. The molecule has 0 aliphatic heterocycles. The summed E-state index contributed by atoms with van der Waals surface area (Å²) in [5.74, 6) is 2.06. The summed E-state index contributed by atoms with van der Waals surface area (Å²) in [7, 11) is 0. The van der Waals surface area contributed by atoms with Crippen LogP contribution in [0.3, 0.4) is 0 Å². The summed E-state index contributed by atoms with van der Waals surface area (Å²) in [6.07, 6.45) is 0. The van der Waals surface area contributed by atoms with Crippen LogP contribution < -0.4 is 10.1 Å². The van der Waals surface area contributed by atoms with Gasteiger partial charge in [0, 0.05) is 6.54 Å². The lowest BCUT2D eigenvalue weighted by Gasteiger charge is -2.11. The molecule has 0 radical (unpaired) electrons. The highest BCUT2D eigenvalue weighted by Crippen LogP contribution is 2.34. The lowest BCUT2D eigenvalue weighted by molar-refractivity contribution is 0.335. The van der Waals surface area contributed by atoms with Crippen LogP contribution in [0, 0.1) is 6.92 Å². The lowest BCUT2D eigenvalue weighted by atomic mass is 10.2. The van der Waals surface area contributed by atoms with Gasteiger partial charge in [-0.1, -0.05) is 5.16 Å². The molecule has 1 N–H and O–H groups in total. The summed E-state index contributed by atoms with van der Waals surface area (Å²) < 4.78 is 12.4. The minimum Gasteiger partial charge on any atom is -0.492 e. The van der Waals surface area contributed by atoms with E-state index in [0.717, 1.165) is 20.3 Å². The molecule has 1 aromatic carbocycles. The van der Waals surface area contributed by atoms with Gasteiger partial charge < -0.3 is 14.6 Å². The van der Waals surface area contributed by atoms with Crippen LogP contribution in [0.25, 0.3) is 0 Å². The fourth-order valence-electron chi connectivity index (χ4n) is 1.72. The monoisotopic (exact) mass is 403 g/mol. The molecule has 1 heterocycles. The highest BCUT2D eigenvalue weighted by atomic mass is 79.9. The molecule has 108 valence electrons. The van der Waals surface area contributed by atoms with Gasteiger partial charge >= 0.3 is 0 Å².